The number of rotatable bonds is 5. The molecule has 6 heteroatoms. The molecule has 0 spiro atoms. The SMILES string of the molecule is COC[C@H]1OC=C(C=NO)[C@@H](OC)[C@@H]1OC. The van der Waals surface area contributed by atoms with Crippen LogP contribution in [-0.4, -0.2) is 57.7 Å². The normalized spacial score (nSPS) is 30.2. The third kappa shape index (κ3) is 2.72. The zero-order chi connectivity index (χ0) is 12.0. The predicted octanol–water partition coefficient (Wildman–Crippen LogP) is 0.405. The van der Waals surface area contributed by atoms with Crippen LogP contribution in [0.15, 0.2) is 17.0 Å². The van der Waals surface area contributed by atoms with Gasteiger partial charge in [0.05, 0.1) is 19.1 Å². The maximum absolute atomic E-state index is 8.51. The summed E-state index contributed by atoms with van der Waals surface area (Å²) in [5, 5.41) is 11.5. The van der Waals surface area contributed by atoms with Crippen LogP contribution in [0.25, 0.3) is 0 Å². The van der Waals surface area contributed by atoms with E-state index in [1.54, 1.807) is 21.3 Å². The van der Waals surface area contributed by atoms with E-state index < -0.39 is 0 Å². The van der Waals surface area contributed by atoms with Gasteiger partial charge in [0.1, 0.15) is 18.3 Å². The predicted molar refractivity (Wildman–Crippen MR) is 56.7 cm³/mol. The first-order valence-corrected chi connectivity index (χ1v) is 4.86. The molecular formula is C10H17NO5. The van der Waals surface area contributed by atoms with Gasteiger partial charge in [0.2, 0.25) is 0 Å². The molecule has 0 fully saturated rings. The van der Waals surface area contributed by atoms with Gasteiger partial charge in [0, 0.05) is 26.9 Å². The Morgan fingerprint density at radius 1 is 1.44 bits per heavy atom. The number of ether oxygens (including phenoxy) is 4. The van der Waals surface area contributed by atoms with Gasteiger partial charge in [0.15, 0.2) is 0 Å². The van der Waals surface area contributed by atoms with E-state index >= 15 is 0 Å². The van der Waals surface area contributed by atoms with E-state index in [1.165, 1.54) is 12.5 Å². The second-order valence-corrected chi connectivity index (χ2v) is 3.35. The fourth-order valence-corrected chi connectivity index (χ4v) is 1.71. The Bertz CT molecular complexity index is 266. The summed E-state index contributed by atoms with van der Waals surface area (Å²) in [6.45, 7) is 0.401. The van der Waals surface area contributed by atoms with Gasteiger partial charge < -0.3 is 24.2 Å². The second kappa shape index (κ2) is 6.47. The van der Waals surface area contributed by atoms with Crippen LogP contribution in [0.4, 0.5) is 0 Å². The molecule has 92 valence electrons. The van der Waals surface area contributed by atoms with Crippen LogP contribution >= 0.6 is 0 Å². The Morgan fingerprint density at radius 2 is 2.19 bits per heavy atom. The highest BCUT2D eigenvalue weighted by Gasteiger charge is 2.36. The minimum absolute atomic E-state index is 0.240. The van der Waals surface area contributed by atoms with E-state index in [1.807, 2.05) is 0 Å². The fraction of sp³-hybridized carbons (Fsp3) is 0.700. The lowest BCUT2D eigenvalue weighted by atomic mass is 9.99. The van der Waals surface area contributed by atoms with Crippen LogP contribution in [0.1, 0.15) is 0 Å². The first-order valence-electron chi connectivity index (χ1n) is 4.86. The molecule has 0 saturated heterocycles. The number of oxime groups is 1. The van der Waals surface area contributed by atoms with Crippen molar-refractivity contribution < 1.29 is 24.2 Å². The number of methoxy groups -OCH3 is 3. The van der Waals surface area contributed by atoms with Crippen molar-refractivity contribution in [1.29, 1.82) is 0 Å². The highest BCUT2D eigenvalue weighted by atomic mass is 16.6. The summed E-state index contributed by atoms with van der Waals surface area (Å²) in [5.41, 5.74) is 0.615. The van der Waals surface area contributed by atoms with E-state index in [0.29, 0.717) is 12.2 Å². The van der Waals surface area contributed by atoms with Gasteiger partial charge in [-0.3, -0.25) is 0 Å². The number of hydrogen-bond donors (Lipinski definition) is 1. The summed E-state index contributed by atoms with van der Waals surface area (Å²) in [6, 6.07) is 0. The van der Waals surface area contributed by atoms with Crippen molar-refractivity contribution >= 4 is 6.21 Å². The summed E-state index contributed by atoms with van der Waals surface area (Å²) in [7, 11) is 4.72. The van der Waals surface area contributed by atoms with Gasteiger partial charge >= 0.3 is 0 Å². The van der Waals surface area contributed by atoms with Gasteiger partial charge in [-0.25, -0.2) is 0 Å². The molecule has 0 bridgehead atoms. The smallest absolute Gasteiger partial charge is 0.150 e. The quantitative estimate of drug-likeness (QED) is 0.421. The number of hydrogen-bond acceptors (Lipinski definition) is 6. The molecule has 1 heterocycles. The Hall–Kier alpha value is -1.11. The van der Waals surface area contributed by atoms with Crippen LogP contribution < -0.4 is 0 Å². The summed E-state index contributed by atoms with van der Waals surface area (Å²) < 4.78 is 21.1. The van der Waals surface area contributed by atoms with Gasteiger partial charge in [-0.05, 0) is 0 Å². The molecule has 0 radical (unpaired) electrons. The monoisotopic (exact) mass is 231 g/mol. The Labute approximate surface area is 94.4 Å². The van der Waals surface area contributed by atoms with Crippen molar-refractivity contribution in [2.45, 2.75) is 18.3 Å². The van der Waals surface area contributed by atoms with Crippen LogP contribution in [-0.2, 0) is 18.9 Å². The van der Waals surface area contributed by atoms with Crippen molar-refractivity contribution in [3.05, 3.63) is 11.8 Å². The summed E-state index contributed by atoms with van der Waals surface area (Å²) in [4.78, 5) is 0. The first-order chi connectivity index (χ1) is 7.78. The van der Waals surface area contributed by atoms with E-state index in [4.69, 9.17) is 24.2 Å². The molecule has 1 rings (SSSR count). The van der Waals surface area contributed by atoms with Gasteiger partial charge in [-0.15, -0.1) is 0 Å². The molecule has 0 saturated carbocycles. The molecule has 1 aliphatic heterocycles. The van der Waals surface area contributed by atoms with E-state index in [0.717, 1.165) is 0 Å². The van der Waals surface area contributed by atoms with E-state index in [-0.39, 0.29) is 18.3 Å². The molecule has 0 aromatic rings. The highest BCUT2D eigenvalue weighted by molar-refractivity contribution is 5.79. The van der Waals surface area contributed by atoms with Crippen molar-refractivity contribution in [2.75, 3.05) is 27.9 Å². The zero-order valence-corrected chi connectivity index (χ0v) is 9.62. The molecule has 3 atom stereocenters. The Morgan fingerprint density at radius 3 is 2.69 bits per heavy atom. The molecule has 0 aromatic carbocycles. The van der Waals surface area contributed by atoms with Crippen LogP contribution in [0.5, 0.6) is 0 Å². The standard InChI is InChI=1S/C10H17NO5/c1-13-6-8-10(15-3)9(14-2)7(4-11-12)5-16-8/h4-5,8-10,12H,6H2,1-3H3/t8-,9-,10-/m1/s1. The van der Waals surface area contributed by atoms with Gasteiger partial charge in [-0.2, -0.15) is 0 Å². The molecule has 6 nitrogen and oxygen atoms in total. The minimum Gasteiger partial charge on any atom is -0.492 e. The summed E-state index contributed by atoms with van der Waals surface area (Å²) >= 11 is 0. The molecule has 0 aliphatic carbocycles. The van der Waals surface area contributed by atoms with Crippen LogP contribution in [0.2, 0.25) is 0 Å². The minimum atomic E-state index is -0.338. The largest absolute Gasteiger partial charge is 0.492 e. The molecule has 1 N–H and O–H groups in total. The third-order valence-electron chi connectivity index (χ3n) is 2.44. The Kier molecular flexibility index (Phi) is 5.24. The summed E-state index contributed by atoms with van der Waals surface area (Å²) in [5.74, 6) is 0. The maximum Gasteiger partial charge on any atom is 0.150 e. The lowest BCUT2D eigenvalue weighted by Gasteiger charge is -2.34. The second-order valence-electron chi connectivity index (χ2n) is 3.35. The topological polar surface area (TPSA) is 69.5 Å². The van der Waals surface area contributed by atoms with Crippen molar-refractivity contribution in [1.82, 2.24) is 0 Å². The Balaban J connectivity index is 2.85. The van der Waals surface area contributed by atoms with E-state index in [9.17, 15) is 0 Å². The first kappa shape index (κ1) is 13.0. The number of nitrogens with zero attached hydrogens (tertiary/aromatic N) is 1. The molecule has 16 heavy (non-hydrogen) atoms. The average Bonchev–Trinajstić information content (AvgIpc) is 2.31. The average molecular weight is 231 g/mol. The van der Waals surface area contributed by atoms with Crippen molar-refractivity contribution in [2.24, 2.45) is 5.16 Å². The highest BCUT2D eigenvalue weighted by Crippen LogP contribution is 2.23. The van der Waals surface area contributed by atoms with Crippen LogP contribution in [0, 0.1) is 0 Å². The molecule has 1 aliphatic rings. The van der Waals surface area contributed by atoms with E-state index in [2.05, 4.69) is 5.16 Å². The molecule has 0 aromatic heterocycles. The van der Waals surface area contributed by atoms with Gasteiger partial charge in [-0.1, -0.05) is 5.16 Å². The maximum atomic E-state index is 8.51. The van der Waals surface area contributed by atoms with Crippen molar-refractivity contribution in [3.63, 3.8) is 0 Å². The van der Waals surface area contributed by atoms with Crippen molar-refractivity contribution in [3.8, 4) is 0 Å². The van der Waals surface area contributed by atoms with Crippen LogP contribution in [0.3, 0.4) is 0 Å². The summed E-state index contributed by atoms with van der Waals surface area (Å²) in [6.07, 6.45) is 1.88. The fourth-order valence-electron chi connectivity index (χ4n) is 1.71. The lowest BCUT2D eigenvalue weighted by molar-refractivity contribution is -0.116. The lowest BCUT2D eigenvalue weighted by Crippen LogP contribution is -2.47. The molecular weight excluding hydrogens is 214 g/mol. The molecule has 0 unspecified atom stereocenters. The van der Waals surface area contributed by atoms with Gasteiger partial charge in [0.25, 0.3) is 0 Å². The zero-order valence-electron chi connectivity index (χ0n) is 9.62. The molecule has 0 amide bonds. The third-order valence-corrected chi connectivity index (χ3v) is 2.44.